The van der Waals surface area contributed by atoms with Crippen molar-refractivity contribution in [2.45, 2.75) is 0 Å². The monoisotopic (exact) mass is 288 g/mol. The van der Waals surface area contributed by atoms with Gasteiger partial charge < -0.3 is 15.5 Å². The zero-order chi connectivity index (χ0) is 14.7. The summed E-state index contributed by atoms with van der Waals surface area (Å²) in [6.45, 7) is 0. The molecule has 0 fully saturated rings. The Bertz CT molecular complexity index is 703. The molecule has 0 aromatic heterocycles. The molecule has 1 amide bonds. The normalized spacial score (nSPS) is 9.80. The van der Waals surface area contributed by atoms with Gasteiger partial charge >= 0.3 is 0 Å². The van der Waals surface area contributed by atoms with Crippen molar-refractivity contribution < 1.29 is 15.0 Å². The van der Waals surface area contributed by atoms with Crippen molar-refractivity contribution in [2.24, 2.45) is 0 Å². The molecular weight excluding hydrogens is 280 g/mol. The summed E-state index contributed by atoms with van der Waals surface area (Å²) < 4.78 is 0. The number of anilines is 1. The summed E-state index contributed by atoms with van der Waals surface area (Å²) in [5.41, 5.74) is 0.393. The number of halogens is 1. The fourth-order valence-corrected chi connectivity index (χ4v) is 1.86. The number of hydrogen-bond acceptors (Lipinski definition) is 4. The first kappa shape index (κ1) is 13.7. The smallest absolute Gasteiger partial charge is 0.263 e. The molecule has 0 bridgehead atoms. The van der Waals surface area contributed by atoms with E-state index in [4.69, 9.17) is 16.9 Å². The van der Waals surface area contributed by atoms with Gasteiger partial charge in [0.2, 0.25) is 0 Å². The van der Waals surface area contributed by atoms with E-state index in [1.807, 2.05) is 6.07 Å². The number of amides is 1. The molecule has 6 heteroatoms. The number of carbonyl (C=O) groups excluding carboxylic acids is 1. The van der Waals surface area contributed by atoms with Crippen LogP contribution in [0.2, 0.25) is 5.02 Å². The van der Waals surface area contributed by atoms with E-state index in [1.54, 1.807) is 0 Å². The number of phenols is 2. The van der Waals surface area contributed by atoms with E-state index >= 15 is 0 Å². The Balaban J connectivity index is 2.31. The number of benzene rings is 2. The average molecular weight is 289 g/mol. The van der Waals surface area contributed by atoms with Crippen molar-refractivity contribution in [3.8, 4) is 17.6 Å². The van der Waals surface area contributed by atoms with Crippen LogP contribution in [0.3, 0.4) is 0 Å². The summed E-state index contributed by atoms with van der Waals surface area (Å²) in [5.74, 6) is -1.38. The first-order valence-electron chi connectivity index (χ1n) is 5.55. The first-order valence-corrected chi connectivity index (χ1v) is 5.92. The van der Waals surface area contributed by atoms with E-state index in [0.29, 0.717) is 5.56 Å². The molecular formula is C14H9ClN2O3. The van der Waals surface area contributed by atoms with Crippen molar-refractivity contribution in [1.82, 2.24) is 0 Å². The molecule has 0 aliphatic rings. The fraction of sp³-hybridized carbons (Fsp3) is 0. The van der Waals surface area contributed by atoms with Crippen molar-refractivity contribution in [3.63, 3.8) is 0 Å². The van der Waals surface area contributed by atoms with E-state index in [2.05, 4.69) is 5.32 Å². The van der Waals surface area contributed by atoms with Crippen LogP contribution in [-0.4, -0.2) is 16.1 Å². The van der Waals surface area contributed by atoms with E-state index in [-0.39, 0.29) is 27.8 Å². The predicted molar refractivity (Wildman–Crippen MR) is 73.9 cm³/mol. The van der Waals surface area contributed by atoms with Gasteiger partial charge in [0.15, 0.2) is 0 Å². The molecule has 20 heavy (non-hydrogen) atoms. The zero-order valence-corrected chi connectivity index (χ0v) is 10.8. The largest absolute Gasteiger partial charge is 0.507 e. The molecule has 2 aromatic carbocycles. The van der Waals surface area contributed by atoms with Crippen molar-refractivity contribution in [2.75, 3.05) is 5.32 Å². The van der Waals surface area contributed by atoms with Crippen LogP contribution in [0.1, 0.15) is 15.9 Å². The van der Waals surface area contributed by atoms with Crippen LogP contribution >= 0.6 is 11.6 Å². The summed E-state index contributed by atoms with van der Waals surface area (Å²) in [6, 6.07) is 10.3. The van der Waals surface area contributed by atoms with Gasteiger partial charge in [-0.2, -0.15) is 5.26 Å². The van der Waals surface area contributed by atoms with E-state index < -0.39 is 5.91 Å². The Labute approximate surface area is 119 Å². The Kier molecular flexibility index (Phi) is 3.78. The lowest BCUT2D eigenvalue weighted by molar-refractivity contribution is 0.102. The second kappa shape index (κ2) is 5.51. The van der Waals surface area contributed by atoms with Crippen molar-refractivity contribution >= 4 is 23.2 Å². The molecule has 100 valence electrons. The maximum atomic E-state index is 12.0. The number of phenolic OH excluding ortho intramolecular Hbond substituents is 2. The minimum atomic E-state index is -0.702. The van der Waals surface area contributed by atoms with Gasteiger partial charge in [-0.25, -0.2) is 0 Å². The third kappa shape index (κ3) is 2.66. The van der Waals surface area contributed by atoms with Crippen LogP contribution in [0.4, 0.5) is 5.69 Å². The molecule has 0 atom stereocenters. The molecule has 0 aliphatic carbocycles. The molecule has 0 unspecified atom stereocenters. The number of nitriles is 1. The highest BCUT2D eigenvalue weighted by molar-refractivity contribution is 6.34. The SMILES string of the molecule is N#Cc1ccc(NC(=O)c2c(O)cccc2O)c(Cl)c1. The lowest BCUT2D eigenvalue weighted by Crippen LogP contribution is -2.12. The Morgan fingerprint density at radius 3 is 2.40 bits per heavy atom. The molecule has 0 aliphatic heterocycles. The zero-order valence-electron chi connectivity index (χ0n) is 10.1. The number of nitrogens with zero attached hydrogens (tertiary/aromatic N) is 1. The molecule has 0 heterocycles. The summed E-state index contributed by atoms with van der Waals surface area (Å²) >= 11 is 5.93. The number of nitrogens with one attached hydrogen (secondary N) is 1. The fourth-order valence-electron chi connectivity index (χ4n) is 1.63. The maximum absolute atomic E-state index is 12.0. The minimum absolute atomic E-state index is 0.187. The topological polar surface area (TPSA) is 93.4 Å². The molecule has 3 N–H and O–H groups in total. The summed E-state index contributed by atoms with van der Waals surface area (Å²) in [4.78, 5) is 12.0. The quantitative estimate of drug-likeness (QED) is 0.792. The molecule has 0 saturated heterocycles. The van der Waals surface area contributed by atoms with Gasteiger partial charge in [0.25, 0.3) is 5.91 Å². The van der Waals surface area contributed by atoms with E-state index in [0.717, 1.165) is 0 Å². The summed E-state index contributed by atoms with van der Waals surface area (Å²) in [5, 5.41) is 30.6. The van der Waals surface area contributed by atoms with Gasteiger partial charge in [0, 0.05) is 0 Å². The minimum Gasteiger partial charge on any atom is -0.507 e. The van der Waals surface area contributed by atoms with Gasteiger partial charge in [-0.05, 0) is 30.3 Å². The van der Waals surface area contributed by atoms with Gasteiger partial charge in [-0.15, -0.1) is 0 Å². The van der Waals surface area contributed by atoms with Crippen LogP contribution < -0.4 is 5.32 Å². The molecule has 0 radical (unpaired) electrons. The van der Waals surface area contributed by atoms with E-state index in [1.165, 1.54) is 36.4 Å². The highest BCUT2D eigenvalue weighted by Crippen LogP contribution is 2.29. The van der Waals surface area contributed by atoms with Crippen LogP contribution in [0.5, 0.6) is 11.5 Å². The second-order valence-corrected chi connectivity index (χ2v) is 4.34. The highest BCUT2D eigenvalue weighted by Gasteiger charge is 2.17. The van der Waals surface area contributed by atoms with Gasteiger partial charge in [0.1, 0.15) is 17.1 Å². The van der Waals surface area contributed by atoms with Gasteiger partial charge in [0.05, 0.1) is 22.3 Å². The second-order valence-electron chi connectivity index (χ2n) is 3.93. The molecule has 2 rings (SSSR count). The Morgan fingerprint density at radius 1 is 1.20 bits per heavy atom. The number of aromatic hydroxyl groups is 2. The standard InChI is InChI=1S/C14H9ClN2O3/c15-9-6-8(7-16)4-5-10(9)17-14(20)13-11(18)2-1-3-12(13)19/h1-6,18-19H,(H,17,20). The number of hydrogen-bond donors (Lipinski definition) is 3. The van der Waals surface area contributed by atoms with E-state index in [9.17, 15) is 15.0 Å². The lowest BCUT2D eigenvalue weighted by atomic mass is 10.1. The van der Waals surface area contributed by atoms with Crippen molar-refractivity contribution in [3.05, 3.63) is 52.5 Å². The van der Waals surface area contributed by atoms with Crippen LogP contribution in [0.15, 0.2) is 36.4 Å². The number of rotatable bonds is 2. The van der Waals surface area contributed by atoms with Crippen LogP contribution in [-0.2, 0) is 0 Å². The third-order valence-electron chi connectivity index (χ3n) is 2.59. The predicted octanol–water partition coefficient (Wildman–Crippen LogP) is 2.88. The van der Waals surface area contributed by atoms with Crippen LogP contribution in [0, 0.1) is 11.3 Å². The first-order chi connectivity index (χ1) is 9.52. The molecule has 0 saturated carbocycles. The number of carbonyl (C=O) groups is 1. The average Bonchev–Trinajstić information content (AvgIpc) is 2.41. The van der Waals surface area contributed by atoms with Gasteiger partial charge in [-0.1, -0.05) is 17.7 Å². The maximum Gasteiger partial charge on any atom is 0.263 e. The van der Waals surface area contributed by atoms with Crippen molar-refractivity contribution in [1.29, 1.82) is 5.26 Å². The summed E-state index contributed by atoms with van der Waals surface area (Å²) in [7, 11) is 0. The Hall–Kier alpha value is -2.71. The lowest BCUT2D eigenvalue weighted by Gasteiger charge is -2.09. The molecule has 5 nitrogen and oxygen atoms in total. The van der Waals surface area contributed by atoms with Crippen LogP contribution in [0.25, 0.3) is 0 Å². The summed E-state index contributed by atoms with van der Waals surface area (Å²) in [6.07, 6.45) is 0. The third-order valence-corrected chi connectivity index (χ3v) is 2.91. The molecule has 2 aromatic rings. The molecule has 0 spiro atoms. The Morgan fingerprint density at radius 2 is 1.85 bits per heavy atom. The van der Waals surface area contributed by atoms with Gasteiger partial charge in [-0.3, -0.25) is 4.79 Å². The highest BCUT2D eigenvalue weighted by atomic mass is 35.5.